The molecule has 0 aliphatic rings. The Morgan fingerprint density at radius 2 is 0.547 bits per heavy atom. The van der Waals surface area contributed by atoms with Crippen molar-refractivity contribution in [2.24, 2.45) is 0 Å². The molecular formula is C53H42F12O9S+2. The fraction of sp³-hybridized carbons (Fsp3) is 0.151. The summed E-state index contributed by atoms with van der Waals surface area (Å²) in [4.78, 5) is -2.33. The Labute approximate surface area is 423 Å². The molecule has 7 aromatic rings. The molecule has 0 unspecified atom stereocenters. The van der Waals surface area contributed by atoms with Crippen LogP contribution < -0.4 is 28.4 Å². The first-order valence-electron chi connectivity index (χ1n) is 20.9. The van der Waals surface area contributed by atoms with Crippen molar-refractivity contribution in [3.63, 3.8) is 0 Å². The molecule has 75 heavy (non-hydrogen) atoms. The minimum absolute atomic E-state index is 0. The van der Waals surface area contributed by atoms with E-state index in [1.165, 1.54) is 12.1 Å². The Morgan fingerprint density at radius 3 is 0.773 bits per heavy atom. The summed E-state index contributed by atoms with van der Waals surface area (Å²) >= 11 is 0. The molecule has 0 saturated heterocycles. The topological polar surface area (TPSA) is 113 Å². The highest BCUT2D eigenvalue weighted by molar-refractivity contribution is 7.85. The molecule has 0 bridgehead atoms. The molecule has 0 radical (unpaired) electrons. The summed E-state index contributed by atoms with van der Waals surface area (Å²) in [6.45, 7) is -0.896. The highest BCUT2D eigenvalue weighted by Gasteiger charge is 2.30. The Hall–Kier alpha value is -7.98. The van der Waals surface area contributed by atoms with Crippen LogP contribution in [-0.2, 0) is 10.1 Å². The van der Waals surface area contributed by atoms with Crippen molar-refractivity contribution >= 4 is 10.1 Å². The van der Waals surface area contributed by atoms with Gasteiger partial charge in [0.1, 0.15) is 71.9 Å². The molecule has 0 saturated carbocycles. The molecule has 396 valence electrons. The summed E-state index contributed by atoms with van der Waals surface area (Å²) < 4.78 is 235. The van der Waals surface area contributed by atoms with E-state index in [1.807, 2.05) is 18.2 Å². The number of ether oxygens (including phenoxy) is 6. The zero-order valence-corrected chi connectivity index (χ0v) is 40.8. The molecule has 7 aromatic carbocycles. The maximum atomic E-state index is 14.4. The summed E-state index contributed by atoms with van der Waals surface area (Å²) in [6, 6.07) is 24.9. The predicted octanol–water partition coefficient (Wildman–Crippen LogP) is 13.6. The molecule has 0 aliphatic heterocycles. The summed E-state index contributed by atoms with van der Waals surface area (Å²) in [5.74, 6) is -25.8. The minimum atomic E-state index is -5.92. The third-order valence-corrected chi connectivity index (χ3v) is 11.5. The third kappa shape index (κ3) is 12.9. The standard InChI is InChI=1S/C50H34F12O9S.3CH3/c1-24-35(51)39(55)47(40(56)36(24)52)69-18-15-66-32-9-3-26(4-10-32)29-21-30(27-5-11-33(12-6-27)67-16-19-70-48-41(57)37(53)25(2)38(54)42(48)58)23-31(22-29)28-7-13-34(14-8-28)68-17-20-71-49-43(59)45(61)50(72(63,64)65)46(62)44(49)60;;;/h3-14,21-23H,15-20H2,1-2H3,(H,63,64,65);3*1H3/q;3*+1/p-1. The normalized spacial score (nSPS) is 11.0. The maximum Gasteiger partial charge on any atom is 0.205 e. The number of rotatable bonds is 19. The van der Waals surface area contributed by atoms with Crippen LogP contribution in [0.3, 0.4) is 0 Å². The van der Waals surface area contributed by atoms with Crippen LogP contribution in [-0.4, -0.2) is 52.6 Å². The number of hydrogen-bond donors (Lipinski definition) is 0. The molecule has 22 heteroatoms. The summed E-state index contributed by atoms with van der Waals surface area (Å²) in [5, 5.41) is 0. The molecule has 0 aliphatic carbocycles. The van der Waals surface area contributed by atoms with E-state index in [4.69, 9.17) is 28.4 Å². The molecule has 7 rings (SSSR count). The van der Waals surface area contributed by atoms with Crippen LogP contribution in [0.25, 0.3) is 33.4 Å². The molecular weight excluding hydrogens is 1040 g/mol. The summed E-state index contributed by atoms with van der Waals surface area (Å²) in [7, 11) is -5.92. The number of hydrogen-bond acceptors (Lipinski definition) is 9. The van der Waals surface area contributed by atoms with Crippen molar-refractivity contribution in [3.05, 3.63) is 194 Å². The number of halogens is 12. The Morgan fingerprint density at radius 1 is 0.333 bits per heavy atom. The van der Waals surface area contributed by atoms with Crippen molar-refractivity contribution in [2.75, 3.05) is 39.6 Å². The first-order valence-corrected chi connectivity index (χ1v) is 22.3. The van der Waals surface area contributed by atoms with Gasteiger partial charge >= 0.3 is 0 Å². The van der Waals surface area contributed by atoms with Crippen LogP contribution in [0, 0.1) is 106 Å². The first kappa shape index (κ1) is 59.6. The molecule has 9 nitrogen and oxygen atoms in total. The maximum absolute atomic E-state index is 14.4. The largest absolute Gasteiger partial charge is 0.744 e. The highest BCUT2D eigenvalue weighted by Crippen LogP contribution is 2.37. The lowest BCUT2D eigenvalue weighted by molar-refractivity contribution is 0.199. The first-order chi connectivity index (χ1) is 34.2. The molecule has 0 N–H and O–H groups in total. The molecule has 0 aromatic heterocycles. The SMILES string of the molecule is Cc1c(F)c(F)c(OCCOc2ccc(-c3cc(-c4ccc(OCCOc5c(F)c(F)c(C)c(F)c5F)cc4)cc(-c4ccc(OCCOc5c(F)c(F)c(S(=O)(=O)[O-])c(F)c5F)cc4)c3)cc2)c(F)c1F.[CH3+].[CH3+].[CH3+]. The Balaban J connectivity index is 0.00000406. The van der Waals surface area contributed by atoms with Gasteiger partial charge in [0.25, 0.3) is 0 Å². The monoisotopic (exact) mass is 1080 g/mol. The average molecular weight is 1080 g/mol. The quantitative estimate of drug-likeness (QED) is 0.0257. The zero-order chi connectivity index (χ0) is 52.2. The van der Waals surface area contributed by atoms with Gasteiger partial charge < -0.3 is 33.0 Å². The lowest BCUT2D eigenvalue weighted by Crippen LogP contribution is -2.15. The molecule has 0 heterocycles. The van der Waals surface area contributed by atoms with Gasteiger partial charge in [-0.2, -0.15) is 26.3 Å². The molecule has 0 amide bonds. The van der Waals surface area contributed by atoms with Gasteiger partial charge in [-0.25, -0.2) is 34.8 Å². The van der Waals surface area contributed by atoms with Crippen LogP contribution in [0.1, 0.15) is 11.1 Å². The van der Waals surface area contributed by atoms with E-state index in [0.29, 0.717) is 44.9 Å². The van der Waals surface area contributed by atoms with Crippen molar-refractivity contribution in [2.45, 2.75) is 18.7 Å². The second-order valence-electron chi connectivity index (χ2n) is 15.3. The van der Waals surface area contributed by atoms with E-state index in [2.05, 4.69) is 0 Å². The van der Waals surface area contributed by atoms with E-state index in [0.717, 1.165) is 13.8 Å². The number of benzene rings is 7. The zero-order valence-electron chi connectivity index (χ0n) is 40.0. The van der Waals surface area contributed by atoms with Gasteiger partial charge in [-0.1, -0.05) is 36.4 Å². The van der Waals surface area contributed by atoms with E-state index >= 15 is 0 Å². The second-order valence-corrected chi connectivity index (χ2v) is 16.6. The van der Waals surface area contributed by atoms with E-state index in [9.17, 15) is 65.7 Å². The van der Waals surface area contributed by atoms with Crippen molar-refractivity contribution < 1.29 is 94.1 Å². The summed E-state index contributed by atoms with van der Waals surface area (Å²) in [6.07, 6.45) is 0. The van der Waals surface area contributed by atoms with Crippen LogP contribution in [0.2, 0.25) is 0 Å². The Bertz CT molecular complexity index is 3040. The van der Waals surface area contributed by atoms with Crippen LogP contribution in [0.4, 0.5) is 52.7 Å². The van der Waals surface area contributed by atoms with Gasteiger partial charge in [-0.05, 0) is 102 Å². The Kier molecular flexibility index (Phi) is 19.7. The molecule has 0 fully saturated rings. The fourth-order valence-corrected chi connectivity index (χ4v) is 7.52. The third-order valence-electron chi connectivity index (χ3n) is 10.6. The highest BCUT2D eigenvalue weighted by atomic mass is 32.2. The van der Waals surface area contributed by atoms with E-state index in [1.54, 1.807) is 60.7 Å². The van der Waals surface area contributed by atoms with E-state index in [-0.39, 0.29) is 41.2 Å². The van der Waals surface area contributed by atoms with Gasteiger partial charge in [0, 0.05) is 33.4 Å². The van der Waals surface area contributed by atoms with Gasteiger partial charge in [0.05, 0.1) is 0 Å². The lowest BCUT2D eigenvalue weighted by atomic mass is 9.93. The average Bonchev–Trinajstić information content (AvgIpc) is 3.37. The smallest absolute Gasteiger partial charge is 0.205 e. The van der Waals surface area contributed by atoms with Gasteiger partial charge in [-0.15, -0.1) is 0 Å². The van der Waals surface area contributed by atoms with E-state index < -0.39 is 140 Å². The van der Waals surface area contributed by atoms with Crippen LogP contribution in [0.5, 0.6) is 34.5 Å². The second kappa shape index (κ2) is 24.8. The predicted molar refractivity (Wildman–Crippen MR) is 251 cm³/mol. The van der Waals surface area contributed by atoms with Gasteiger partial charge in [-0.3, -0.25) is 0 Å². The van der Waals surface area contributed by atoms with Crippen LogP contribution in [0.15, 0.2) is 95.9 Å². The van der Waals surface area contributed by atoms with Crippen LogP contribution >= 0.6 is 0 Å². The van der Waals surface area contributed by atoms with Gasteiger partial charge in [0.15, 0.2) is 52.2 Å². The van der Waals surface area contributed by atoms with Crippen molar-refractivity contribution in [1.82, 2.24) is 0 Å². The molecule has 0 spiro atoms. The molecule has 0 atom stereocenters. The fourth-order valence-electron chi connectivity index (χ4n) is 6.90. The van der Waals surface area contributed by atoms with Gasteiger partial charge in [0.2, 0.25) is 34.9 Å². The van der Waals surface area contributed by atoms with Crippen molar-refractivity contribution in [1.29, 1.82) is 0 Å². The summed E-state index contributed by atoms with van der Waals surface area (Å²) in [5.41, 5.74) is 2.25. The minimum Gasteiger partial charge on any atom is -0.744 e. The lowest BCUT2D eigenvalue weighted by Gasteiger charge is -2.15. The van der Waals surface area contributed by atoms with Crippen molar-refractivity contribution in [3.8, 4) is 67.9 Å².